The van der Waals surface area contributed by atoms with E-state index in [1.807, 2.05) is 18.2 Å². The molecule has 0 amide bonds. The summed E-state index contributed by atoms with van der Waals surface area (Å²) in [6, 6.07) is 5.85. The lowest BCUT2D eigenvalue weighted by molar-refractivity contribution is -0.114. The second-order valence-electron chi connectivity index (χ2n) is 8.17. The molecule has 5 nitrogen and oxygen atoms in total. The van der Waals surface area contributed by atoms with Crippen LogP contribution in [0.2, 0.25) is 10.0 Å². The maximum atomic E-state index is 11.7. The molecule has 1 fully saturated rings. The number of Topliss-reactive ketones (excluding diaryl/α,β-unsaturated/α-hetero) is 1. The zero-order chi connectivity index (χ0) is 23.5. The first-order chi connectivity index (χ1) is 15.3. The summed E-state index contributed by atoms with van der Waals surface area (Å²) < 4.78 is 0. The Morgan fingerprint density at radius 3 is 2.91 bits per heavy atom. The molecule has 1 aliphatic rings. The standard InChI is InChI=1S/C24H34Cl2N4OS/c1-3-23(31)20(12-27)14-29-24(32)9-6-17(2)28-13-19-5-4-10-30(16-19)15-18-7-8-21(25)22(26)11-18/h7-8,11-12,14,19,24,28,32H,2-6,9-10,13,15-16,27H2,1H3/b20-12+,29-14-. The smallest absolute Gasteiger partial charge is 0.165 e. The largest absolute Gasteiger partial charge is 0.404 e. The molecule has 3 N–H and O–H groups in total. The Bertz CT molecular complexity index is 843. The fourth-order valence-electron chi connectivity index (χ4n) is 3.69. The predicted octanol–water partition coefficient (Wildman–Crippen LogP) is 5.24. The lowest BCUT2D eigenvalue weighted by Crippen LogP contribution is -2.39. The number of nitrogens with two attached hydrogens (primary N) is 1. The Balaban J connectivity index is 1.71. The number of likely N-dealkylation sites (tertiary alicyclic amines) is 1. The van der Waals surface area contributed by atoms with Crippen molar-refractivity contribution in [2.24, 2.45) is 16.6 Å². The van der Waals surface area contributed by atoms with Crippen LogP contribution in [0.25, 0.3) is 0 Å². The van der Waals surface area contributed by atoms with Crippen LogP contribution < -0.4 is 11.1 Å². The number of nitrogens with one attached hydrogen (secondary N) is 1. The van der Waals surface area contributed by atoms with E-state index in [1.54, 1.807) is 6.92 Å². The van der Waals surface area contributed by atoms with E-state index in [1.165, 1.54) is 30.8 Å². The van der Waals surface area contributed by atoms with Crippen LogP contribution in [0.1, 0.15) is 44.6 Å². The number of rotatable bonds is 12. The van der Waals surface area contributed by atoms with E-state index >= 15 is 0 Å². The number of thiol groups is 1. The van der Waals surface area contributed by atoms with Crippen molar-refractivity contribution in [1.29, 1.82) is 0 Å². The third-order valence-corrected chi connectivity index (χ3v) is 6.68. The van der Waals surface area contributed by atoms with E-state index in [9.17, 15) is 4.79 Å². The number of piperidine rings is 1. The molecular weight excluding hydrogens is 463 g/mol. The minimum Gasteiger partial charge on any atom is -0.404 e. The van der Waals surface area contributed by atoms with Crippen LogP contribution in [0.15, 0.2) is 47.2 Å². The van der Waals surface area contributed by atoms with Crippen molar-refractivity contribution in [2.75, 3.05) is 19.6 Å². The highest BCUT2D eigenvalue weighted by molar-refractivity contribution is 7.80. The number of aliphatic imine (C=N–C) groups is 1. The van der Waals surface area contributed by atoms with E-state index in [0.29, 0.717) is 28.0 Å². The van der Waals surface area contributed by atoms with E-state index < -0.39 is 0 Å². The van der Waals surface area contributed by atoms with Crippen LogP contribution in [0, 0.1) is 5.92 Å². The van der Waals surface area contributed by atoms with Gasteiger partial charge in [-0.15, -0.1) is 0 Å². The zero-order valence-corrected chi connectivity index (χ0v) is 21.1. The maximum absolute atomic E-state index is 11.7. The Hall–Kier alpha value is -1.47. The lowest BCUT2D eigenvalue weighted by atomic mass is 9.97. The quantitative estimate of drug-likeness (QED) is 0.210. The highest BCUT2D eigenvalue weighted by Gasteiger charge is 2.20. The van der Waals surface area contributed by atoms with Gasteiger partial charge in [0.25, 0.3) is 0 Å². The molecule has 2 rings (SSSR count). The van der Waals surface area contributed by atoms with Gasteiger partial charge in [-0.25, -0.2) is 0 Å². The fraction of sp³-hybridized carbons (Fsp3) is 0.500. The average Bonchev–Trinajstić information content (AvgIpc) is 2.79. The molecule has 1 aromatic carbocycles. The van der Waals surface area contributed by atoms with Gasteiger partial charge >= 0.3 is 0 Å². The zero-order valence-electron chi connectivity index (χ0n) is 18.7. The summed E-state index contributed by atoms with van der Waals surface area (Å²) in [7, 11) is 0. The summed E-state index contributed by atoms with van der Waals surface area (Å²) in [6.07, 6.45) is 7.11. The van der Waals surface area contributed by atoms with E-state index in [4.69, 9.17) is 28.9 Å². The molecule has 32 heavy (non-hydrogen) atoms. The molecule has 0 aliphatic carbocycles. The Morgan fingerprint density at radius 2 is 2.22 bits per heavy atom. The third kappa shape index (κ3) is 9.18. The van der Waals surface area contributed by atoms with Crippen LogP contribution in [-0.2, 0) is 11.3 Å². The van der Waals surface area contributed by atoms with Gasteiger partial charge in [-0.1, -0.05) is 42.8 Å². The summed E-state index contributed by atoms with van der Waals surface area (Å²) in [5, 5.41) is 4.48. The predicted molar refractivity (Wildman–Crippen MR) is 140 cm³/mol. The number of carbonyl (C=O) groups is 1. The Kier molecular flexibility index (Phi) is 11.7. The Morgan fingerprint density at radius 1 is 1.44 bits per heavy atom. The molecule has 0 spiro atoms. The molecule has 0 bridgehead atoms. The van der Waals surface area contributed by atoms with Crippen molar-refractivity contribution in [1.82, 2.24) is 10.2 Å². The summed E-state index contributed by atoms with van der Waals surface area (Å²) in [5.41, 5.74) is 8.09. The first-order valence-corrected chi connectivity index (χ1v) is 12.3. The minimum absolute atomic E-state index is 0.0245. The molecule has 1 heterocycles. The second kappa shape index (κ2) is 13.9. The van der Waals surface area contributed by atoms with Crippen molar-refractivity contribution in [3.05, 3.63) is 57.9 Å². The van der Waals surface area contributed by atoms with Crippen molar-refractivity contribution in [3.63, 3.8) is 0 Å². The van der Waals surface area contributed by atoms with Crippen LogP contribution in [0.4, 0.5) is 0 Å². The van der Waals surface area contributed by atoms with Gasteiger partial charge in [-0.3, -0.25) is 14.7 Å². The van der Waals surface area contributed by atoms with Gasteiger partial charge in [0.15, 0.2) is 5.78 Å². The normalized spacial score (nSPS) is 18.6. The summed E-state index contributed by atoms with van der Waals surface area (Å²) in [4.78, 5) is 18.5. The molecule has 8 heteroatoms. The molecule has 1 aliphatic heterocycles. The van der Waals surface area contributed by atoms with Crippen molar-refractivity contribution in [3.8, 4) is 0 Å². The van der Waals surface area contributed by atoms with Crippen LogP contribution in [0.5, 0.6) is 0 Å². The van der Waals surface area contributed by atoms with Gasteiger partial charge in [-0.05, 0) is 55.8 Å². The average molecular weight is 498 g/mol. The Labute approximate surface area is 207 Å². The second-order valence-corrected chi connectivity index (χ2v) is 9.58. The number of nitrogens with zero attached hydrogens (tertiary/aromatic N) is 2. The highest BCUT2D eigenvalue weighted by Crippen LogP contribution is 2.25. The van der Waals surface area contributed by atoms with Gasteiger partial charge in [0.2, 0.25) is 0 Å². The van der Waals surface area contributed by atoms with Crippen LogP contribution in [0.3, 0.4) is 0 Å². The number of allylic oxidation sites excluding steroid dienone is 2. The molecule has 176 valence electrons. The number of carbonyl (C=O) groups excluding carboxylic acids is 1. The highest BCUT2D eigenvalue weighted by atomic mass is 35.5. The van der Waals surface area contributed by atoms with Crippen molar-refractivity contribution < 1.29 is 4.79 Å². The maximum Gasteiger partial charge on any atom is 0.165 e. The number of hydrogen-bond acceptors (Lipinski definition) is 6. The van der Waals surface area contributed by atoms with Gasteiger partial charge in [0, 0.05) is 44.2 Å². The van der Waals surface area contributed by atoms with Crippen LogP contribution in [-0.4, -0.2) is 41.9 Å². The van der Waals surface area contributed by atoms with Gasteiger partial charge in [0.05, 0.1) is 21.0 Å². The van der Waals surface area contributed by atoms with Crippen molar-refractivity contribution in [2.45, 2.75) is 50.9 Å². The van der Waals surface area contributed by atoms with E-state index in [0.717, 1.165) is 44.7 Å². The lowest BCUT2D eigenvalue weighted by Gasteiger charge is -2.33. The number of halogens is 2. The van der Waals surface area contributed by atoms with Gasteiger partial charge < -0.3 is 11.1 Å². The molecule has 0 saturated carbocycles. The summed E-state index contributed by atoms with van der Waals surface area (Å²) in [6.45, 7) is 9.87. The molecule has 0 aromatic heterocycles. The number of hydrogen-bond donors (Lipinski definition) is 3. The summed E-state index contributed by atoms with van der Waals surface area (Å²) >= 11 is 16.7. The first kappa shape index (κ1) is 26.8. The summed E-state index contributed by atoms with van der Waals surface area (Å²) in [5.74, 6) is 0.550. The van der Waals surface area contributed by atoms with Crippen molar-refractivity contribution >= 4 is 47.8 Å². The fourth-order valence-corrected chi connectivity index (χ4v) is 4.21. The molecule has 2 atom stereocenters. The molecule has 2 unspecified atom stereocenters. The third-order valence-electron chi connectivity index (χ3n) is 5.55. The molecular formula is C24H34Cl2N4OS. The van der Waals surface area contributed by atoms with Crippen LogP contribution >= 0.6 is 35.8 Å². The molecule has 1 saturated heterocycles. The number of benzene rings is 1. The topological polar surface area (TPSA) is 70.7 Å². The first-order valence-electron chi connectivity index (χ1n) is 11.1. The SMILES string of the molecule is C=C(CCC(S)/N=C\C(=C/N)C(=O)CC)NCC1CCCN(Cc2ccc(Cl)c(Cl)c2)C1. The molecule has 0 radical (unpaired) electrons. The van der Waals surface area contributed by atoms with E-state index in [-0.39, 0.29) is 11.2 Å². The molecule has 1 aromatic rings. The number of ketones is 1. The van der Waals surface area contributed by atoms with E-state index in [2.05, 4.69) is 34.4 Å². The minimum atomic E-state index is -0.204. The monoisotopic (exact) mass is 496 g/mol. The van der Waals surface area contributed by atoms with Gasteiger partial charge in [-0.2, -0.15) is 12.6 Å². The van der Waals surface area contributed by atoms with Gasteiger partial charge in [0.1, 0.15) is 0 Å².